The number of nitrogens with two attached hydrogens (primary N) is 1. The van der Waals surface area contributed by atoms with E-state index in [0.717, 1.165) is 23.2 Å². The molecule has 0 amide bonds. The minimum atomic E-state index is 0.272. The summed E-state index contributed by atoms with van der Waals surface area (Å²) in [5.74, 6) is 1.22. The lowest BCUT2D eigenvalue weighted by molar-refractivity contribution is 0.382. The third-order valence-electron chi connectivity index (χ3n) is 3.05. The van der Waals surface area contributed by atoms with Gasteiger partial charge in [0.2, 0.25) is 5.13 Å². The van der Waals surface area contributed by atoms with E-state index in [1.54, 1.807) is 11.3 Å². The largest absolute Gasteiger partial charge is 0.345 e. The predicted octanol–water partition coefficient (Wildman–Crippen LogP) is 1.27. The Morgan fingerprint density at radius 2 is 2.13 bits per heavy atom. The second-order valence-electron chi connectivity index (χ2n) is 4.58. The molecule has 1 aromatic heterocycles. The Kier molecular flexibility index (Phi) is 2.93. The van der Waals surface area contributed by atoms with E-state index < -0.39 is 0 Å². The summed E-state index contributed by atoms with van der Waals surface area (Å²) in [5.41, 5.74) is 6.13. The number of aromatic nitrogens is 2. The Morgan fingerprint density at radius 1 is 1.40 bits per heavy atom. The molecule has 4 nitrogen and oxygen atoms in total. The van der Waals surface area contributed by atoms with Gasteiger partial charge in [-0.2, -0.15) is 0 Å². The summed E-state index contributed by atoms with van der Waals surface area (Å²) < 4.78 is 0. The molecular formula is C10H18N4S. The van der Waals surface area contributed by atoms with Crippen LogP contribution in [0.3, 0.4) is 0 Å². The van der Waals surface area contributed by atoms with Crippen LogP contribution in [0.15, 0.2) is 0 Å². The van der Waals surface area contributed by atoms with Gasteiger partial charge in [-0.1, -0.05) is 25.2 Å². The SMILES string of the molecule is Cc1nnc(N2C[C@H](C(C)C)[C@@H](N)C2)s1. The van der Waals surface area contributed by atoms with Gasteiger partial charge in [0.25, 0.3) is 0 Å². The zero-order valence-corrected chi connectivity index (χ0v) is 10.3. The van der Waals surface area contributed by atoms with E-state index in [2.05, 4.69) is 28.9 Å². The number of anilines is 1. The number of rotatable bonds is 2. The third-order valence-corrected chi connectivity index (χ3v) is 3.95. The van der Waals surface area contributed by atoms with Crippen molar-refractivity contribution in [1.29, 1.82) is 0 Å². The summed E-state index contributed by atoms with van der Waals surface area (Å²) in [4.78, 5) is 2.26. The highest BCUT2D eigenvalue weighted by molar-refractivity contribution is 7.15. The van der Waals surface area contributed by atoms with Gasteiger partial charge in [-0.15, -0.1) is 10.2 Å². The highest BCUT2D eigenvalue weighted by Crippen LogP contribution is 2.29. The van der Waals surface area contributed by atoms with Crippen molar-refractivity contribution in [1.82, 2.24) is 10.2 Å². The van der Waals surface area contributed by atoms with Crippen LogP contribution < -0.4 is 10.6 Å². The standard InChI is InChI=1S/C10H18N4S/c1-6(2)8-4-14(5-9(8)11)10-13-12-7(3)15-10/h6,8-9H,4-5,11H2,1-3H3/t8-,9+/m1/s1. The van der Waals surface area contributed by atoms with Crippen molar-refractivity contribution in [2.45, 2.75) is 26.8 Å². The van der Waals surface area contributed by atoms with Gasteiger partial charge in [-0.25, -0.2) is 0 Å². The molecule has 1 aromatic rings. The normalized spacial score (nSPS) is 26.6. The van der Waals surface area contributed by atoms with Gasteiger partial charge in [-0.3, -0.25) is 0 Å². The molecule has 84 valence electrons. The predicted molar refractivity (Wildman–Crippen MR) is 63.2 cm³/mol. The summed E-state index contributed by atoms with van der Waals surface area (Å²) in [6.07, 6.45) is 0. The van der Waals surface area contributed by atoms with Crippen LogP contribution in [0.4, 0.5) is 5.13 Å². The average molecular weight is 226 g/mol. The summed E-state index contributed by atoms with van der Waals surface area (Å²) in [7, 11) is 0. The van der Waals surface area contributed by atoms with Gasteiger partial charge in [0.1, 0.15) is 5.01 Å². The van der Waals surface area contributed by atoms with Gasteiger partial charge < -0.3 is 10.6 Å². The van der Waals surface area contributed by atoms with Gasteiger partial charge in [-0.05, 0) is 18.8 Å². The third kappa shape index (κ3) is 2.13. The van der Waals surface area contributed by atoms with E-state index in [1.165, 1.54) is 0 Å². The molecule has 2 rings (SSSR count). The van der Waals surface area contributed by atoms with E-state index in [0.29, 0.717) is 11.8 Å². The second-order valence-corrected chi connectivity index (χ2v) is 5.74. The Bertz CT molecular complexity index is 336. The second kappa shape index (κ2) is 4.06. The lowest BCUT2D eigenvalue weighted by atomic mass is 9.92. The molecule has 1 aliphatic heterocycles. The molecule has 2 heterocycles. The van der Waals surface area contributed by atoms with Gasteiger partial charge in [0.05, 0.1) is 0 Å². The van der Waals surface area contributed by atoms with Crippen molar-refractivity contribution in [2.24, 2.45) is 17.6 Å². The first-order valence-corrected chi connectivity index (χ1v) is 6.20. The van der Waals surface area contributed by atoms with Crippen LogP contribution in [-0.4, -0.2) is 29.3 Å². The van der Waals surface area contributed by atoms with Gasteiger partial charge in [0.15, 0.2) is 0 Å². The molecule has 2 N–H and O–H groups in total. The molecule has 2 atom stereocenters. The van der Waals surface area contributed by atoms with Crippen LogP contribution in [0.2, 0.25) is 0 Å². The molecule has 1 aliphatic rings. The lowest BCUT2D eigenvalue weighted by Crippen LogP contribution is -2.32. The Morgan fingerprint density at radius 3 is 2.60 bits per heavy atom. The lowest BCUT2D eigenvalue weighted by Gasteiger charge is -2.17. The van der Waals surface area contributed by atoms with E-state index in [4.69, 9.17) is 5.73 Å². The first kappa shape index (κ1) is 10.8. The fourth-order valence-electron chi connectivity index (χ4n) is 2.13. The first-order chi connectivity index (χ1) is 7.08. The van der Waals surface area contributed by atoms with Crippen LogP contribution in [0.1, 0.15) is 18.9 Å². The summed E-state index contributed by atoms with van der Waals surface area (Å²) in [6, 6.07) is 0.272. The molecule has 0 unspecified atom stereocenters. The van der Waals surface area contributed by atoms with Crippen molar-refractivity contribution in [2.75, 3.05) is 18.0 Å². The highest BCUT2D eigenvalue weighted by Gasteiger charge is 2.33. The molecule has 0 bridgehead atoms. The molecule has 1 fully saturated rings. The molecule has 0 aliphatic carbocycles. The number of hydrogen-bond acceptors (Lipinski definition) is 5. The zero-order chi connectivity index (χ0) is 11.0. The smallest absolute Gasteiger partial charge is 0.208 e. The molecule has 15 heavy (non-hydrogen) atoms. The maximum Gasteiger partial charge on any atom is 0.208 e. The molecule has 0 radical (unpaired) electrons. The monoisotopic (exact) mass is 226 g/mol. The highest BCUT2D eigenvalue weighted by atomic mass is 32.1. The van der Waals surface area contributed by atoms with Gasteiger partial charge in [0, 0.05) is 19.1 Å². The summed E-state index contributed by atoms with van der Waals surface area (Å²) in [5, 5.41) is 10.2. The molecule has 5 heteroatoms. The number of nitrogens with zero attached hydrogens (tertiary/aromatic N) is 3. The quantitative estimate of drug-likeness (QED) is 0.825. The molecule has 1 saturated heterocycles. The Balaban J connectivity index is 2.09. The van der Waals surface area contributed by atoms with E-state index in [1.807, 2.05) is 6.92 Å². The topological polar surface area (TPSA) is 55.0 Å². The fraction of sp³-hybridized carbons (Fsp3) is 0.800. The number of aryl methyl sites for hydroxylation is 1. The van der Waals surface area contributed by atoms with Crippen molar-refractivity contribution >= 4 is 16.5 Å². The van der Waals surface area contributed by atoms with Crippen LogP contribution in [0.25, 0.3) is 0 Å². The molecule has 0 spiro atoms. The summed E-state index contributed by atoms with van der Waals surface area (Å²) >= 11 is 1.65. The fourth-order valence-corrected chi connectivity index (χ4v) is 2.84. The molecule has 0 aromatic carbocycles. The van der Waals surface area contributed by atoms with E-state index in [9.17, 15) is 0 Å². The van der Waals surface area contributed by atoms with Crippen LogP contribution >= 0.6 is 11.3 Å². The van der Waals surface area contributed by atoms with E-state index >= 15 is 0 Å². The van der Waals surface area contributed by atoms with Crippen molar-refractivity contribution in [3.05, 3.63) is 5.01 Å². The van der Waals surface area contributed by atoms with Crippen molar-refractivity contribution in [3.63, 3.8) is 0 Å². The minimum Gasteiger partial charge on any atom is -0.345 e. The maximum atomic E-state index is 6.13. The van der Waals surface area contributed by atoms with Crippen molar-refractivity contribution < 1.29 is 0 Å². The Hall–Kier alpha value is -0.680. The zero-order valence-electron chi connectivity index (χ0n) is 9.47. The van der Waals surface area contributed by atoms with Crippen LogP contribution in [0, 0.1) is 18.8 Å². The number of hydrogen-bond donors (Lipinski definition) is 1. The maximum absolute atomic E-state index is 6.13. The Labute approximate surface area is 94.5 Å². The van der Waals surface area contributed by atoms with Crippen molar-refractivity contribution in [3.8, 4) is 0 Å². The van der Waals surface area contributed by atoms with Crippen LogP contribution in [-0.2, 0) is 0 Å². The van der Waals surface area contributed by atoms with E-state index in [-0.39, 0.29) is 6.04 Å². The van der Waals surface area contributed by atoms with Gasteiger partial charge >= 0.3 is 0 Å². The molecular weight excluding hydrogens is 208 g/mol. The minimum absolute atomic E-state index is 0.272. The average Bonchev–Trinajstić information content (AvgIpc) is 2.71. The summed E-state index contributed by atoms with van der Waals surface area (Å²) in [6.45, 7) is 8.39. The van der Waals surface area contributed by atoms with Crippen LogP contribution in [0.5, 0.6) is 0 Å². The molecule has 0 saturated carbocycles. The first-order valence-electron chi connectivity index (χ1n) is 5.38.